The zero-order chi connectivity index (χ0) is 32.2. The summed E-state index contributed by atoms with van der Waals surface area (Å²) in [5.41, 5.74) is 1.04. The summed E-state index contributed by atoms with van der Waals surface area (Å²) < 4.78 is 17.8. The number of amides is 2. The largest absolute Gasteiger partial charge is 0.445 e. The van der Waals surface area contributed by atoms with Crippen molar-refractivity contribution >= 4 is 37.7 Å². The number of nitro groups is 2. The van der Waals surface area contributed by atoms with Crippen molar-refractivity contribution in [2.24, 2.45) is 4.99 Å². The molecule has 0 bridgehead atoms. The van der Waals surface area contributed by atoms with Crippen LogP contribution < -0.4 is 0 Å². The highest BCUT2D eigenvalue weighted by atomic mass is 28.4. The number of nitro benzene ring substituents is 2. The van der Waals surface area contributed by atoms with Gasteiger partial charge in [-0.3, -0.25) is 35.0 Å². The lowest BCUT2D eigenvalue weighted by Gasteiger charge is -2.38. The minimum absolute atomic E-state index is 0.0645. The Morgan fingerprint density at radius 1 is 0.909 bits per heavy atom. The molecule has 0 spiro atoms. The van der Waals surface area contributed by atoms with Gasteiger partial charge in [0.15, 0.2) is 8.32 Å². The molecule has 0 aliphatic carbocycles. The number of aliphatic imine (C=N–C) groups is 1. The van der Waals surface area contributed by atoms with E-state index in [0.717, 1.165) is 0 Å². The molecule has 2 aromatic carbocycles. The molecular weight excluding hydrogens is 590 g/mol. The number of rotatable bonds is 9. The van der Waals surface area contributed by atoms with Crippen molar-refractivity contribution in [3.05, 3.63) is 79.9 Å². The van der Waals surface area contributed by atoms with Crippen LogP contribution in [0.2, 0.25) is 18.1 Å². The van der Waals surface area contributed by atoms with E-state index in [2.05, 4.69) is 38.9 Å². The molecule has 0 saturated carbocycles. The summed E-state index contributed by atoms with van der Waals surface area (Å²) in [5.74, 6) is 0.382. The smallest absolute Gasteiger partial charge is 0.415 e. The van der Waals surface area contributed by atoms with Crippen LogP contribution in [0.1, 0.15) is 38.3 Å². The zero-order valence-electron chi connectivity index (χ0n) is 25.4. The van der Waals surface area contributed by atoms with Crippen LogP contribution in [-0.4, -0.2) is 77.8 Å². The normalized spacial score (nSPS) is 18.6. The Kier molecular flexibility index (Phi) is 9.68. The van der Waals surface area contributed by atoms with Gasteiger partial charge in [0, 0.05) is 37.2 Å². The third kappa shape index (κ3) is 7.58. The number of likely N-dealkylation sites (tertiary alicyclic amines) is 1. The van der Waals surface area contributed by atoms with Gasteiger partial charge in [0.05, 0.1) is 35.1 Å². The maximum atomic E-state index is 13.4. The van der Waals surface area contributed by atoms with E-state index in [1.807, 2.05) is 0 Å². The maximum absolute atomic E-state index is 13.4. The van der Waals surface area contributed by atoms with Crippen LogP contribution in [0.3, 0.4) is 0 Å². The molecule has 2 atom stereocenters. The number of hydrogen-bond acceptors (Lipinski definition) is 10. The molecule has 44 heavy (non-hydrogen) atoms. The molecule has 14 nitrogen and oxygen atoms in total. The molecule has 0 aromatic heterocycles. The van der Waals surface area contributed by atoms with E-state index in [0.29, 0.717) is 29.9 Å². The van der Waals surface area contributed by atoms with Crippen molar-refractivity contribution in [1.82, 2.24) is 9.80 Å². The van der Waals surface area contributed by atoms with Crippen molar-refractivity contribution in [2.45, 2.75) is 70.7 Å². The number of ether oxygens (including phenoxy) is 2. The standard InChI is InChI=1S/C29H37N5O9Si/c1-29(2,3)44(4,5)43-24-16-25(32(17-24)28(36)42-19-21-8-12-23(13-9-21)34(39)40)26-30-14-15-31(26)27(35)41-18-20-6-10-22(11-7-20)33(37)38/h6-13,24-25H,14-19H2,1-5H3/t24-,25+/m1/s1. The van der Waals surface area contributed by atoms with Gasteiger partial charge >= 0.3 is 12.2 Å². The van der Waals surface area contributed by atoms with Crippen molar-refractivity contribution in [2.75, 3.05) is 19.6 Å². The van der Waals surface area contributed by atoms with Crippen LogP contribution in [0, 0.1) is 20.2 Å². The highest BCUT2D eigenvalue weighted by Gasteiger charge is 2.47. The molecule has 15 heteroatoms. The van der Waals surface area contributed by atoms with Crippen molar-refractivity contribution in [1.29, 1.82) is 0 Å². The highest BCUT2D eigenvalue weighted by Crippen LogP contribution is 2.39. The first-order valence-corrected chi connectivity index (χ1v) is 17.1. The van der Waals surface area contributed by atoms with E-state index < -0.39 is 36.4 Å². The number of benzene rings is 2. The van der Waals surface area contributed by atoms with Crippen LogP contribution in [0.4, 0.5) is 21.0 Å². The molecule has 0 N–H and O–H groups in total. The van der Waals surface area contributed by atoms with E-state index in [1.54, 1.807) is 0 Å². The molecule has 2 amide bonds. The average Bonchev–Trinajstić information content (AvgIpc) is 3.61. The third-order valence-electron chi connectivity index (χ3n) is 8.18. The molecule has 236 valence electrons. The SMILES string of the molecule is CC(C)(C)[Si](C)(C)O[C@@H]1C[C@@H](C2=NCCN2C(=O)OCc2ccc([N+](=O)[O-])cc2)N(C(=O)OCc2ccc([N+](=O)[O-])cc2)C1. The molecule has 4 rings (SSSR count). The Hall–Kier alpha value is -4.37. The number of nitrogens with zero attached hydrogens (tertiary/aromatic N) is 5. The molecule has 2 aliphatic heterocycles. The lowest BCUT2D eigenvalue weighted by atomic mass is 10.1. The van der Waals surface area contributed by atoms with E-state index in [1.165, 1.54) is 58.3 Å². The molecule has 2 heterocycles. The molecule has 2 aromatic rings. The van der Waals surface area contributed by atoms with E-state index in [9.17, 15) is 29.8 Å². The number of carbonyl (C=O) groups excluding carboxylic acids is 2. The fraction of sp³-hybridized carbons (Fsp3) is 0.483. The Bertz CT molecular complexity index is 1420. The fourth-order valence-electron chi connectivity index (χ4n) is 4.74. The van der Waals surface area contributed by atoms with E-state index >= 15 is 0 Å². The van der Waals surface area contributed by atoms with Gasteiger partial charge < -0.3 is 13.9 Å². The Morgan fingerprint density at radius 3 is 1.89 bits per heavy atom. The van der Waals surface area contributed by atoms with Gasteiger partial charge in [-0.05, 0) is 53.5 Å². The molecule has 0 radical (unpaired) electrons. The second kappa shape index (κ2) is 13.1. The monoisotopic (exact) mass is 627 g/mol. The van der Waals surface area contributed by atoms with Gasteiger partial charge in [-0.2, -0.15) is 0 Å². The van der Waals surface area contributed by atoms with Gasteiger partial charge in [0.2, 0.25) is 0 Å². The maximum Gasteiger partial charge on any atom is 0.415 e. The summed E-state index contributed by atoms with van der Waals surface area (Å²) in [6.45, 7) is 11.3. The Morgan fingerprint density at radius 2 is 1.41 bits per heavy atom. The van der Waals surface area contributed by atoms with Crippen LogP contribution in [0.5, 0.6) is 0 Å². The average molecular weight is 628 g/mol. The Labute approximate surface area is 256 Å². The predicted octanol–water partition coefficient (Wildman–Crippen LogP) is 5.66. The third-order valence-corrected chi connectivity index (χ3v) is 12.7. The molecule has 1 saturated heterocycles. The lowest BCUT2D eigenvalue weighted by molar-refractivity contribution is -0.385. The van der Waals surface area contributed by atoms with Crippen LogP contribution in [-0.2, 0) is 27.1 Å². The summed E-state index contributed by atoms with van der Waals surface area (Å²) in [7, 11) is -2.21. The number of hydrogen-bond donors (Lipinski definition) is 0. The molecular formula is C29H37N5O9Si. The number of amidine groups is 1. The van der Waals surface area contributed by atoms with Crippen LogP contribution in [0.15, 0.2) is 53.5 Å². The number of non-ortho nitro benzene ring substituents is 2. The first-order chi connectivity index (χ1) is 20.7. The second-order valence-corrected chi connectivity index (χ2v) is 17.0. The summed E-state index contributed by atoms with van der Waals surface area (Å²) in [4.78, 5) is 55.0. The van der Waals surface area contributed by atoms with Gasteiger partial charge in [0.1, 0.15) is 19.0 Å². The summed E-state index contributed by atoms with van der Waals surface area (Å²) in [6.07, 6.45) is -1.17. The minimum Gasteiger partial charge on any atom is -0.445 e. The van der Waals surface area contributed by atoms with Gasteiger partial charge in [-0.15, -0.1) is 0 Å². The first-order valence-electron chi connectivity index (χ1n) is 14.2. The molecule has 1 fully saturated rings. The molecule has 0 unspecified atom stereocenters. The van der Waals surface area contributed by atoms with Crippen molar-refractivity contribution < 1.29 is 33.3 Å². The minimum atomic E-state index is -2.21. The second-order valence-electron chi connectivity index (χ2n) is 12.3. The van der Waals surface area contributed by atoms with E-state index in [-0.39, 0.29) is 48.8 Å². The molecule has 2 aliphatic rings. The van der Waals surface area contributed by atoms with Crippen LogP contribution in [0.25, 0.3) is 0 Å². The van der Waals surface area contributed by atoms with Gasteiger partial charge in [-0.1, -0.05) is 20.8 Å². The first kappa shape index (κ1) is 32.5. The zero-order valence-corrected chi connectivity index (χ0v) is 26.4. The van der Waals surface area contributed by atoms with Crippen molar-refractivity contribution in [3.8, 4) is 0 Å². The number of carbonyl (C=O) groups is 2. The lowest BCUT2D eigenvalue weighted by Crippen LogP contribution is -2.48. The predicted molar refractivity (Wildman–Crippen MR) is 163 cm³/mol. The van der Waals surface area contributed by atoms with Crippen LogP contribution >= 0.6 is 0 Å². The van der Waals surface area contributed by atoms with Crippen molar-refractivity contribution in [3.63, 3.8) is 0 Å². The van der Waals surface area contributed by atoms with Gasteiger partial charge in [0.25, 0.3) is 11.4 Å². The summed E-state index contributed by atoms with van der Waals surface area (Å²) >= 11 is 0. The summed E-state index contributed by atoms with van der Waals surface area (Å²) in [5, 5.41) is 21.8. The van der Waals surface area contributed by atoms with E-state index in [4.69, 9.17) is 13.9 Å². The quantitative estimate of drug-likeness (QED) is 0.194. The summed E-state index contributed by atoms with van der Waals surface area (Å²) in [6, 6.07) is 10.9. The van der Waals surface area contributed by atoms with Gasteiger partial charge in [-0.25, -0.2) is 9.59 Å². The highest BCUT2D eigenvalue weighted by molar-refractivity contribution is 6.74. The Balaban J connectivity index is 1.48. The fourth-order valence-corrected chi connectivity index (χ4v) is 6.09. The topological polar surface area (TPSA) is 167 Å².